The smallest absolute Gasteiger partial charge is 0.237 e. The van der Waals surface area contributed by atoms with Gasteiger partial charge in [0.05, 0.1) is 41.6 Å². The van der Waals surface area contributed by atoms with E-state index >= 15 is 0 Å². The molecule has 6 atom stereocenters. The molecular formula is C30H38N2O12. The van der Waals surface area contributed by atoms with Gasteiger partial charge in [-0.2, -0.15) is 0 Å². The van der Waals surface area contributed by atoms with Crippen molar-refractivity contribution in [3.8, 4) is 34.1 Å². The minimum absolute atomic E-state index is 0.0962. The Kier molecular flexibility index (Phi) is 10.4. The number of carbonyl (C=O) groups excluding carboxylic acids is 2. The second-order valence-corrected chi connectivity index (χ2v) is 10.4. The lowest BCUT2D eigenvalue weighted by Gasteiger charge is -2.43. The minimum atomic E-state index is -1.73. The maximum Gasteiger partial charge on any atom is 0.237 e. The van der Waals surface area contributed by atoms with Crippen molar-refractivity contribution in [2.24, 2.45) is 0 Å². The summed E-state index contributed by atoms with van der Waals surface area (Å²) in [6.45, 7) is 0.669. The molecule has 44 heavy (non-hydrogen) atoms. The number of aliphatic hydroxyl groups is 3. The van der Waals surface area contributed by atoms with Crippen molar-refractivity contribution in [3.63, 3.8) is 0 Å². The molecule has 1 amide bonds. The van der Waals surface area contributed by atoms with Crippen LogP contribution in [0.2, 0.25) is 0 Å². The maximum atomic E-state index is 13.5. The number of benzene rings is 1. The van der Waals surface area contributed by atoms with Crippen molar-refractivity contribution in [1.29, 1.82) is 0 Å². The first-order valence-electron chi connectivity index (χ1n) is 13.9. The number of hydroxylamine groups is 2. The molecule has 14 heteroatoms. The number of aryl methyl sites for hydroxylation is 1. The molecule has 0 bridgehead atoms. The summed E-state index contributed by atoms with van der Waals surface area (Å²) in [5.74, 6) is 0.136. The fourth-order valence-electron chi connectivity index (χ4n) is 5.69. The van der Waals surface area contributed by atoms with E-state index in [0.29, 0.717) is 46.8 Å². The Balaban J connectivity index is 1.72. The van der Waals surface area contributed by atoms with Crippen molar-refractivity contribution < 1.29 is 53.4 Å². The summed E-state index contributed by atoms with van der Waals surface area (Å²) in [6.07, 6.45) is -7.18. The third-order valence-electron chi connectivity index (χ3n) is 7.86. The highest BCUT2D eigenvalue weighted by Gasteiger charge is 2.48. The molecule has 1 aliphatic heterocycles. The van der Waals surface area contributed by atoms with E-state index in [0.717, 1.165) is 10.6 Å². The lowest BCUT2D eigenvalue weighted by Crippen LogP contribution is -2.64. The van der Waals surface area contributed by atoms with E-state index in [1.54, 1.807) is 12.1 Å². The zero-order valence-corrected chi connectivity index (χ0v) is 25.4. The highest BCUT2D eigenvalue weighted by atomic mass is 16.7. The normalized spacial score (nSPS) is 24.4. The largest absolute Gasteiger partial charge is 0.493 e. The van der Waals surface area contributed by atoms with Crippen molar-refractivity contribution in [3.05, 3.63) is 45.6 Å². The van der Waals surface area contributed by atoms with E-state index in [4.69, 9.17) is 28.5 Å². The third-order valence-corrected chi connectivity index (χ3v) is 7.86. The van der Waals surface area contributed by atoms with Crippen LogP contribution < -0.4 is 29.7 Å². The van der Waals surface area contributed by atoms with Crippen LogP contribution in [0.25, 0.3) is 11.1 Å². The van der Waals surface area contributed by atoms with Crippen LogP contribution in [-0.2, 0) is 25.6 Å². The predicted molar refractivity (Wildman–Crippen MR) is 155 cm³/mol. The number of hydrogen-bond acceptors (Lipinski definition) is 13. The van der Waals surface area contributed by atoms with Crippen molar-refractivity contribution >= 4 is 11.7 Å². The average Bonchev–Trinajstić information content (AvgIpc) is 3.25. The molecule has 14 nitrogen and oxygen atoms in total. The third kappa shape index (κ3) is 6.22. The van der Waals surface area contributed by atoms with Crippen LogP contribution >= 0.6 is 0 Å². The molecule has 1 fully saturated rings. The van der Waals surface area contributed by atoms with Crippen molar-refractivity contribution in [2.45, 2.75) is 56.5 Å². The molecule has 0 aromatic heterocycles. The highest BCUT2D eigenvalue weighted by molar-refractivity contribution is 5.84. The number of rotatable bonds is 10. The van der Waals surface area contributed by atoms with Crippen molar-refractivity contribution in [2.75, 3.05) is 42.1 Å². The summed E-state index contributed by atoms with van der Waals surface area (Å²) in [6, 6.07) is 5.80. The van der Waals surface area contributed by atoms with Gasteiger partial charge in [0.15, 0.2) is 29.3 Å². The van der Waals surface area contributed by atoms with Gasteiger partial charge in [0.25, 0.3) is 0 Å². The second kappa shape index (κ2) is 13.9. The minimum Gasteiger partial charge on any atom is -0.493 e. The van der Waals surface area contributed by atoms with Crippen LogP contribution in [0.5, 0.6) is 23.0 Å². The number of carbonyl (C=O) groups is 2. The maximum absolute atomic E-state index is 13.5. The first kappa shape index (κ1) is 33.1. The molecule has 1 unspecified atom stereocenters. The summed E-state index contributed by atoms with van der Waals surface area (Å²) >= 11 is 0. The number of fused-ring (bicyclic) bond motifs is 3. The molecular weight excluding hydrogens is 580 g/mol. The number of amides is 1. The van der Waals surface area contributed by atoms with E-state index in [2.05, 4.69) is 5.32 Å². The van der Waals surface area contributed by atoms with Gasteiger partial charge in [-0.15, -0.1) is 5.06 Å². The number of ether oxygens (including phenoxy) is 5. The molecule has 240 valence electrons. The zero-order valence-electron chi connectivity index (χ0n) is 25.4. The van der Waals surface area contributed by atoms with E-state index in [-0.39, 0.29) is 5.75 Å². The average molecular weight is 619 g/mol. The van der Waals surface area contributed by atoms with Gasteiger partial charge in [0.2, 0.25) is 17.1 Å². The molecule has 2 aromatic rings. The summed E-state index contributed by atoms with van der Waals surface area (Å²) in [5, 5.41) is 35.0. The van der Waals surface area contributed by atoms with Gasteiger partial charge in [-0.1, -0.05) is 6.07 Å². The number of hydrogen-bond donors (Lipinski definition) is 4. The highest BCUT2D eigenvalue weighted by Crippen LogP contribution is 2.50. The SMILES string of the molecule is COc1cc2c(c(OC)c1OC)-c1ccc(OC)c(=O)cc1[C@@H](NC(=O)CN(OC)C1O[C@H](C(C)=O)[C@H](O)[C@H](O)[C@H]1O)CC2. The van der Waals surface area contributed by atoms with E-state index < -0.39 is 60.3 Å². The Labute approximate surface area is 254 Å². The number of nitrogens with zero attached hydrogens (tertiary/aromatic N) is 1. The number of Topliss-reactive ketones (excluding diaryl/α,β-unsaturated/α-hetero) is 1. The summed E-state index contributed by atoms with van der Waals surface area (Å²) in [5.41, 5.74) is 2.17. The molecule has 0 spiro atoms. The fourth-order valence-corrected chi connectivity index (χ4v) is 5.69. The molecule has 4 N–H and O–H groups in total. The molecule has 1 heterocycles. The first-order valence-corrected chi connectivity index (χ1v) is 13.9. The lowest BCUT2D eigenvalue weighted by molar-refractivity contribution is -0.316. The van der Waals surface area contributed by atoms with Gasteiger partial charge in [-0.05, 0) is 54.7 Å². The van der Waals surface area contributed by atoms with Crippen LogP contribution in [-0.4, -0.2) is 105 Å². The van der Waals surface area contributed by atoms with E-state index in [9.17, 15) is 29.7 Å². The molecule has 1 saturated heterocycles. The van der Waals surface area contributed by atoms with Crippen LogP contribution in [0.4, 0.5) is 0 Å². The van der Waals surface area contributed by atoms with Gasteiger partial charge >= 0.3 is 0 Å². The monoisotopic (exact) mass is 618 g/mol. The van der Waals surface area contributed by atoms with Crippen LogP contribution in [0.15, 0.2) is 29.1 Å². The number of aliphatic hydroxyl groups excluding tert-OH is 3. The van der Waals surface area contributed by atoms with Gasteiger partial charge in [-0.3, -0.25) is 19.2 Å². The quantitative estimate of drug-likeness (QED) is 0.264. The van der Waals surface area contributed by atoms with Crippen LogP contribution in [0.1, 0.15) is 30.5 Å². The Bertz CT molecular complexity index is 1450. The molecule has 4 rings (SSSR count). The van der Waals surface area contributed by atoms with Gasteiger partial charge in [0.1, 0.15) is 31.0 Å². The molecule has 2 aromatic carbocycles. The number of nitrogens with one attached hydrogen (secondary N) is 1. The lowest BCUT2D eigenvalue weighted by atomic mass is 9.95. The van der Waals surface area contributed by atoms with E-state index in [1.165, 1.54) is 48.5 Å². The van der Waals surface area contributed by atoms with Crippen molar-refractivity contribution in [1.82, 2.24) is 10.4 Å². The topological polar surface area (TPSA) is 183 Å². The summed E-state index contributed by atoms with van der Waals surface area (Å²) < 4.78 is 27.8. The summed E-state index contributed by atoms with van der Waals surface area (Å²) in [7, 11) is 7.11. The molecule has 1 aliphatic carbocycles. The van der Waals surface area contributed by atoms with Crippen LogP contribution in [0, 0.1) is 0 Å². The van der Waals surface area contributed by atoms with Gasteiger partial charge in [-0.25, -0.2) is 0 Å². The fraction of sp³-hybridized carbons (Fsp3) is 0.500. The Morgan fingerprint density at radius 1 is 0.932 bits per heavy atom. The van der Waals surface area contributed by atoms with Crippen LogP contribution in [0.3, 0.4) is 0 Å². The van der Waals surface area contributed by atoms with Gasteiger partial charge < -0.3 is 44.3 Å². The molecule has 0 saturated carbocycles. The Morgan fingerprint density at radius 2 is 1.61 bits per heavy atom. The predicted octanol–water partition coefficient (Wildman–Crippen LogP) is 0.112. The first-order chi connectivity index (χ1) is 21.0. The van der Waals surface area contributed by atoms with E-state index in [1.807, 2.05) is 6.07 Å². The Morgan fingerprint density at radius 3 is 2.20 bits per heavy atom. The standard InChI is InChI=1S/C30H38N2O12/c1-14(33)27-25(37)24(36)26(38)30(44-27)32(43-6)13-22(35)31-18-9-7-15-11-21(40-3)28(41-4)29(42-5)23(15)16-8-10-20(39-2)19(34)12-17(16)18/h8,10-12,18,24-27,30,36-38H,7,9,13H2,1-6H3,(H,31,35)/t18-,24-,25+,26+,27+,30?/m0/s1. The zero-order chi connectivity index (χ0) is 32.3. The molecule has 0 radical (unpaired) electrons. The Hall–Kier alpha value is -3.79. The van der Waals surface area contributed by atoms with Gasteiger partial charge in [0, 0.05) is 5.56 Å². The second-order valence-electron chi connectivity index (χ2n) is 10.4. The number of ketones is 1. The molecule has 2 aliphatic rings. The summed E-state index contributed by atoms with van der Waals surface area (Å²) in [4.78, 5) is 43.9. The number of methoxy groups -OCH3 is 4.